The molecule has 0 unspecified atom stereocenters. The van der Waals surface area contributed by atoms with Gasteiger partial charge in [-0.2, -0.15) is 0 Å². The fourth-order valence-corrected chi connectivity index (χ4v) is 9.90. The molecule has 0 N–H and O–H groups in total. The molecule has 0 radical (unpaired) electrons. The van der Waals surface area contributed by atoms with Crippen molar-refractivity contribution in [3.8, 4) is 44.8 Å². The molecule has 0 saturated carbocycles. The van der Waals surface area contributed by atoms with Gasteiger partial charge in [0, 0.05) is 48.9 Å². The van der Waals surface area contributed by atoms with Gasteiger partial charge in [0.05, 0.1) is 16.6 Å². The van der Waals surface area contributed by atoms with Crippen molar-refractivity contribution in [1.29, 1.82) is 0 Å². The minimum atomic E-state index is 0.772. The van der Waals surface area contributed by atoms with Gasteiger partial charge in [-0.3, -0.25) is 0 Å². The largest absolute Gasteiger partial charge is 0.456 e. The average Bonchev–Trinajstić information content (AvgIpc) is 4.01. The summed E-state index contributed by atoms with van der Waals surface area (Å²) in [6, 6.07) is 76.7. The Kier molecular flexibility index (Phi) is 8.79. The minimum Gasteiger partial charge on any atom is -0.456 e. The van der Waals surface area contributed by atoms with Crippen LogP contribution >= 0.6 is 0 Å². The third-order valence-electron chi connectivity index (χ3n) is 12.8. The lowest BCUT2D eigenvalue weighted by Gasteiger charge is -2.16. The first-order chi connectivity index (χ1) is 31.2. The second kappa shape index (κ2) is 15.1. The fraction of sp³-hybridized carbons (Fsp3) is 0.0333. The van der Waals surface area contributed by atoms with Crippen molar-refractivity contribution >= 4 is 66.8 Å². The van der Waals surface area contributed by atoms with E-state index < -0.39 is 0 Å². The van der Waals surface area contributed by atoms with Crippen LogP contribution in [0.3, 0.4) is 0 Å². The van der Waals surface area contributed by atoms with Crippen LogP contribution in [-0.2, 0) is 6.42 Å². The Labute approximate surface area is 365 Å². The predicted molar refractivity (Wildman–Crippen MR) is 265 cm³/mol. The van der Waals surface area contributed by atoms with Crippen molar-refractivity contribution in [2.45, 2.75) is 13.3 Å². The van der Waals surface area contributed by atoms with Crippen molar-refractivity contribution in [2.24, 2.45) is 0 Å². The Morgan fingerprint density at radius 1 is 0.413 bits per heavy atom. The van der Waals surface area contributed by atoms with E-state index >= 15 is 0 Å². The maximum Gasteiger partial charge on any atom is 0.135 e. The zero-order chi connectivity index (χ0) is 41.9. The third-order valence-corrected chi connectivity index (χ3v) is 12.8. The van der Waals surface area contributed by atoms with Crippen LogP contribution in [0.4, 0.5) is 0 Å². The standard InChI is InChI=1S/C60H42N2O/c1-2-55-50(48-21-9-12-25-56(48)61(55)45-19-7-4-8-20-45)35-32-43-18-15-24-52-49-22-10-13-26-57(49)62(60(43)52)46-34-36-47(41-16-5-3-6-17-41)53(39-46)42-30-28-40(29-31-42)44-33-37-59-54(38-44)51-23-11-14-27-58(51)63-59/h2-31,33-39H,32H2,1H3/b50-35-,55-2+. The molecule has 12 rings (SSSR count). The SMILES string of the molecule is C/C=c1\c(=C/Cc2cccc3c4ccccc4n(-c4ccc(-c5ccccc5)c(-c5ccc(-c6ccc7oc8ccccc8c7c6)cc5)c4)c23)c2ccccc2n1-c1ccccc1. The molecule has 0 amide bonds. The summed E-state index contributed by atoms with van der Waals surface area (Å²) in [5.74, 6) is 0. The molecule has 0 aliphatic carbocycles. The van der Waals surface area contributed by atoms with Gasteiger partial charge in [0.1, 0.15) is 11.2 Å². The van der Waals surface area contributed by atoms with Crippen molar-refractivity contribution in [3.05, 3.63) is 228 Å². The fourth-order valence-electron chi connectivity index (χ4n) is 9.90. The van der Waals surface area contributed by atoms with Gasteiger partial charge in [0.25, 0.3) is 0 Å². The van der Waals surface area contributed by atoms with Crippen molar-refractivity contribution < 1.29 is 4.42 Å². The van der Waals surface area contributed by atoms with Crippen LogP contribution in [0.5, 0.6) is 0 Å². The van der Waals surface area contributed by atoms with Gasteiger partial charge in [-0.05, 0) is 107 Å². The third kappa shape index (κ3) is 6.12. The quantitative estimate of drug-likeness (QED) is 0.157. The molecule has 0 saturated heterocycles. The highest BCUT2D eigenvalue weighted by molar-refractivity contribution is 6.11. The van der Waals surface area contributed by atoms with Crippen LogP contribution in [0.1, 0.15) is 12.5 Å². The molecular weight excluding hydrogens is 765 g/mol. The highest BCUT2D eigenvalue weighted by atomic mass is 16.3. The topological polar surface area (TPSA) is 23.0 Å². The first kappa shape index (κ1) is 36.7. The van der Waals surface area contributed by atoms with E-state index in [4.69, 9.17) is 4.42 Å². The van der Waals surface area contributed by atoms with Crippen LogP contribution in [0, 0.1) is 0 Å². The van der Waals surface area contributed by atoms with Crippen molar-refractivity contribution in [3.63, 3.8) is 0 Å². The molecule has 0 aliphatic heterocycles. The van der Waals surface area contributed by atoms with E-state index in [0.29, 0.717) is 0 Å². The number of aromatic nitrogens is 2. The summed E-state index contributed by atoms with van der Waals surface area (Å²) >= 11 is 0. The molecule has 0 aliphatic rings. The van der Waals surface area contributed by atoms with E-state index in [-0.39, 0.29) is 0 Å². The first-order valence-electron chi connectivity index (χ1n) is 21.8. The van der Waals surface area contributed by atoms with E-state index in [1.807, 2.05) is 12.1 Å². The summed E-state index contributed by atoms with van der Waals surface area (Å²) in [5, 5.41) is 8.50. The minimum absolute atomic E-state index is 0.772. The molecule has 3 heteroatoms. The monoisotopic (exact) mass is 806 g/mol. The van der Waals surface area contributed by atoms with Gasteiger partial charge >= 0.3 is 0 Å². The molecule has 298 valence electrons. The first-order valence-corrected chi connectivity index (χ1v) is 21.8. The molecule has 0 fully saturated rings. The summed E-state index contributed by atoms with van der Waals surface area (Å²) in [4.78, 5) is 0. The van der Waals surface area contributed by atoms with E-state index in [9.17, 15) is 0 Å². The highest BCUT2D eigenvalue weighted by Crippen LogP contribution is 2.40. The van der Waals surface area contributed by atoms with Crippen LogP contribution in [0.15, 0.2) is 217 Å². The van der Waals surface area contributed by atoms with Gasteiger partial charge in [0.15, 0.2) is 0 Å². The number of fused-ring (bicyclic) bond motifs is 7. The molecule has 3 nitrogen and oxygen atoms in total. The summed E-state index contributed by atoms with van der Waals surface area (Å²) in [6.45, 7) is 2.15. The summed E-state index contributed by atoms with van der Waals surface area (Å²) in [6.07, 6.45) is 5.46. The van der Waals surface area contributed by atoms with Gasteiger partial charge in [0.2, 0.25) is 0 Å². The number of furan rings is 1. The van der Waals surface area contributed by atoms with Gasteiger partial charge < -0.3 is 13.6 Å². The molecule has 3 aromatic heterocycles. The van der Waals surface area contributed by atoms with Crippen LogP contribution in [0.25, 0.3) is 112 Å². The van der Waals surface area contributed by atoms with E-state index in [1.165, 1.54) is 82.2 Å². The number of hydrogen-bond donors (Lipinski definition) is 0. The van der Waals surface area contributed by atoms with E-state index in [1.54, 1.807) is 0 Å². The van der Waals surface area contributed by atoms with Crippen LogP contribution in [0.2, 0.25) is 0 Å². The number of nitrogens with zero attached hydrogens (tertiary/aromatic N) is 2. The van der Waals surface area contributed by atoms with E-state index in [0.717, 1.165) is 39.7 Å². The highest BCUT2D eigenvalue weighted by Gasteiger charge is 2.18. The molecule has 9 aromatic carbocycles. The zero-order valence-electron chi connectivity index (χ0n) is 34.9. The molecule has 3 heterocycles. The Balaban J connectivity index is 1.02. The van der Waals surface area contributed by atoms with Gasteiger partial charge in [-0.1, -0.05) is 170 Å². The van der Waals surface area contributed by atoms with Gasteiger partial charge in [-0.15, -0.1) is 0 Å². The molecular formula is C60H42N2O. The van der Waals surface area contributed by atoms with Crippen LogP contribution < -0.4 is 10.6 Å². The normalized spacial score (nSPS) is 12.5. The Morgan fingerprint density at radius 2 is 1.03 bits per heavy atom. The summed E-state index contributed by atoms with van der Waals surface area (Å²) in [7, 11) is 0. The van der Waals surface area contributed by atoms with Gasteiger partial charge in [-0.25, -0.2) is 0 Å². The smallest absolute Gasteiger partial charge is 0.135 e. The molecule has 0 bridgehead atoms. The molecule has 0 atom stereocenters. The van der Waals surface area contributed by atoms with E-state index in [2.05, 4.69) is 228 Å². The number of hydrogen-bond acceptors (Lipinski definition) is 1. The second-order valence-electron chi connectivity index (χ2n) is 16.3. The van der Waals surface area contributed by atoms with Crippen LogP contribution in [-0.4, -0.2) is 9.13 Å². The second-order valence-corrected chi connectivity index (χ2v) is 16.3. The Bertz CT molecular complexity index is 3810. The zero-order valence-corrected chi connectivity index (χ0v) is 34.9. The Hall–Kier alpha value is -8.14. The number of benzene rings is 9. The Morgan fingerprint density at radius 3 is 1.83 bits per heavy atom. The molecule has 63 heavy (non-hydrogen) atoms. The molecule has 0 spiro atoms. The molecule has 12 aromatic rings. The van der Waals surface area contributed by atoms with Crippen molar-refractivity contribution in [2.75, 3.05) is 0 Å². The summed E-state index contributed by atoms with van der Waals surface area (Å²) in [5.41, 5.74) is 16.1. The lowest BCUT2D eigenvalue weighted by Crippen LogP contribution is -2.28. The average molecular weight is 807 g/mol. The maximum atomic E-state index is 6.15. The summed E-state index contributed by atoms with van der Waals surface area (Å²) < 4.78 is 11.0. The lowest BCUT2D eigenvalue weighted by atomic mass is 9.92. The maximum absolute atomic E-state index is 6.15. The lowest BCUT2D eigenvalue weighted by molar-refractivity contribution is 0.669. The predicted octanol–water partition coefficient (Wildman–Crippen LogP) is 14.5. The number of para-hydroxylation sites is 5. The van der Waals surface area contributed by atoms with Crippen molar-refractivity contribution in [1.82, 2.24) is 9.13 Å². The number of rotatable bonds is 7.